The molecule has 0 aromatic heterocycles. The van der Waals surface area contributed by atoms with Crippen LogP contribution in [0.4, 0.5) is 0 Å². The maximum atomic E-state index is 12.2. The minimum absolute atomic E-state index is 0.182. The molecule has 0 heterocycles. The Bertz CT molecular complexity index is 626. The van der Waals surface area contributed by atoms with Crippen molar-refractivity contribution < 1.29 is 4.79 Å². The molecule has 0 atom stereocenters. The van der Waals surface area contributed by atoms with E-state index in [1.165, 1.54) is 16.7 Å². The Kier molecular flexibility index (Phi) is 4.80. The van der Waals surface area contributed by atoms with Crippen LogP contribution in [0.15, 0.2) is 42.5 Å². The highest BCUT2D eigenvalue weighted by molar-refractivity contribution is 7.79. The van der Waals surface area contributed by atoms with Crippen molar-refractivity contribution in [3.05, 3.63) is 70.3 Å². The number of ketones is 1. The number of benzene rings is 2. The molecule has 0 bridgehead atoms. The molecule has 2 aromatic rings. The second-order valence-corrected chi connectivity index (χ2v) is 5.26. The molecule has 0 aliphatic rings. The van der Waals surface area contributed by atoms with Gasteiger partial charge in [-0.25, -0.2) is 0 Å². The fourth-order valence-electron chi connectivity index (χ4n) is 2.22. The van der Waals surface area contributed by atoms with E-state index >= 15 is 0 Å². The Morgan fingerprint density at radius 2 is 1.80 bits per heavy atom. The third-order valence-electron chi connectivity index (χ3n) is 3.71. The SMILES string of the molecule is Cc1cccc(CCC(=O)c2ccc(C=S)cc2)c1C. The lowest BCUT2D eigenvalue weighted by Gasteiger charge is -2.08. The standard InChI is InChI=1S/C18H18OS/c1-13-4-3-5-16(14(13)2)10-11-18(19)17-8-6-15(12-20)7-9-17/h3-9,12H,10-11H2,1-2H3. The molecule has 0 amide bonds. The second-order valence-electron chi connectivity index (χ2n) is 5.02. The Labute approximate surface area is 125 Å². The third kappa shape index (κ3) is 3.40. The Balaban J connectivity index is 2.04. The summed E-state index contributed by atoms with van der Waals surface area (Å²) in [5, 5.41) is 1.62. The highest BCUT2D eigenvalue weighted by atomic mass is 32.1. The lowest BCUT2D eigenvalue weighted by atomic mass is 9.97. The van der Waals surface area contributed by atoms with Crippen LogP contribution in [0, 0.1) is 13.8 Å². The normalized spacial score (nSPS) is 10.3. The maximum Gasteiger partial charge on any atom is 0.163 e. The number of aryl methyl sites for hydroxylation is 2. The topological polar surface area (TPSA) is 17.1 Å². The highest BCUT2D eigenvalue weighted by Gasteiger charge is 2.08. The zero-order valence-electron chi connectivity index (χ0n) is 11.8. The van der Waals surface area contributed by atoms with Crippen molar-refractivity contribution in [2.24, 2.45) is 0 Å². The first-order chi connectivity index (χ1) is 9.61. The number of hydrogen-bond donors (Lipinski definition) is 0. The minimum atomic E-state index is 0.182. The molecule has 102 valence electrons. The average Bonchev–Trinajstić information content (AvgIpc) is 2.48. The van der Waals surface area contributed by atoms with Crippen molar-refractivity contribution in [3.63, 3.8) is 0 Å². The molecule has 0 saturated carbocycles. The van der Waals surface area contributed by atoms with Crippen LogP contribution in [0.3, 0.4) is 0 Å². The first-order valence-corrected chi connectivity index (χ1v) is 7.22. The number of rotatable bonds is 5. The molecule has 2 aromatic carbocycles. The van der Waals surface area contributed by atoms with Crippen molar-refractivity contribution in [1.82, 2.24) is 0 Å². The predicted molar refractivity (Wildman–Crippen MR) is 87.8 cm³/mol. The van der Waals surface area contributed by atoms with Gasteiger partial charge < -0.3 is 0 Å². The lowest BCUT2D eigenvalue weighted by Crippen LogP contribution is -2.02. The molecule has 0 radical (unpaired) electrons. The Morgan fingerprint density at radius 3 is 2.45 bits per heavy atom. The van der Waals surface area contributed by atoms with Crippen LogP contribution in [0.2, 0.25) is 0 Å². The van der Waals surface area contributed by atoms with Gasteiger partial charge in [0, 0.05) is 17.4 Å². The van der Waals surface area contributed by atoms with E-state index in [9.17, 15) is 4.79 Å². The average molecular weight is 282 g/mol. The van der Waals surface area contributed by atoms with Gasteiger partial charge in [-0.1, -0.05) is 54.7 Å². The first-order valence-electron chi connectivity index (χ1n) is 6.75. The lowest BCUT2D eigenvalue weighted by molar-refractivity contribution is 0.0983. The molecular weight excluding hydrogens is 264 g/mol. The summed E-state index contributed by atoms with van der Waals surface area (Å²) >= 11 is 4.86. The molecule has 0 N–H and O–H groups in total. The molecule has 0 spiro atoms. The molecule has 1 nitrogen and oxygen atoms in total. The summed E-state index contributed by atoms with van der Waals surface area (Å²) in [6.07, 6.45) is 1.34. The zero-order valence-corrected chi connectivity index (χ0v) is 12.7. The third-order valence-corrected chi connectivity index (χ3v) is 3.98. The monoisotopic (exact) mass is 282 g/mol. The minimum Gasteiger partial charge on any atom is -0.294 e. The quantitative estimate of drug-likeness (QED) is 0.594. The Morgan fingerprint density at radius 1 is 1.10 bits per heavy atom. The van der Waals surface area contributed by atoms with Crippen molar-refractivity contribution in [3.8, 4) is 0 Å². The maximum absolute atomic E-state index is 12.2. The number of thiocarbonyl (C=S) groups is 1. The number of carbonyl (C=O) groups is 1. The van der Waals surface area contributed by atoms with E-state index in [-0.39, 0.29) is 5.78 Å². The van der Waals surface area contributed by atoms with Crippen LogP contribution < -0.4 is 0 Å². The smallest absolute Gasteiger partial charge is 0.163 e. The molecule has 2 heteroatoms. The van der Waals surface area contributed by atoms with Gasteiger partial charge in [0.1, 0.15) is 0 Å². The summed E-state index contributed by atoms with van der Waals surface area (Å²) < 4.78 is 0. The van der Waals surface area contributed by atoms with E-state index in [1.54, 1.807) is 5.37 Å². The summed E-state index contributed by atoms with van der Waals surface area (Å²) in [6.45, 7) is 4.22. The van der Waals surface area contributed by atoms with Crippen LogP contribution in [-0.2, 0) is 6.42 Å². The van der Waals surface area contributed by atoms with Crippen molar-refractivity contribution in [1.29, 1.82) is 0 Å². The molecule has 0 saturated heterocycles. The van der Waals surface area contributed by atoms with Crippen LogP contribution in [0.1, 0.15) is 39.0 Å². The van der Waals surface area contributed by atoms with Gasteiger partial charge >= 0.3 is 0 Å². The largest absolute Gasteiger partial charge is 0.294 e. The van der Waals surface area contributed by atoms with Crippen molar-refractivity contribution in [2.75, 3.05) is 0 Å². The van der Waals surface area contributed by atoms with E-state index in [2.05, 4.69) is 32.0 Å². The predicted octanol–water partition coefficient (Wildman–Crippen LogP) is 4.47. The molecule has 0 fully saturated rings. The number of hydrogen-bond acceptors (Lipinski definition) is 2. The second kappa shape index (κ2) is 6.58. The van der Waals surface area contributed by atoms with Gasteiger partial charge in [-0.3, -0.25) is 4.79 Å². The molecule has 0 aliphatic heterocycles. The van der Waals surface area contributed by atoms with Gasteiger partial charge in [0.05, 0.1) is 0 Å². The Hall–Kier alpha value is -1.80. The number of Topliss-reactive ketones (excluding diaryl/α,β-unsaturated/α-hetero) is 1. The van der Waals surface area contributed by atoms with Crippen LogP contribution in [-0.4, -0.2) is 11.2 Å². The fraction of sp³-hybridized carbons (Fsp3) is 0.222. The zero-order chi connectivity index (χ0) is 14.5. The summed E-state index contributed by atoms with van der Waals surface area (Å²) in [5.74, 6) is 0.182. The van der Waals surface area contributed by atoms with Gasteiger partial charge in [0.25, 0.3) is 0 Å². The van der Waals surface area contributed by atoms with E-state index in [4.69, 9.17) is 12.2 Å². The van der Waals surface area contributed by atoms with E-state index < -0.39 is 0 Å². The van der Waals surface area contributed by atoms with Crippen LogP contribution in [0.25, 0.3) is 0 Å². The summed E-state index contributed by atoms with van der Waals surface area (Å²) in [6, 6.07) is 13.7. The fourth-order valence-corrected chi connectivity index (χ4v) is 2.38. The van der Waals surface area contributed by atoms with Crippen LogP contribution in [0.5, 0.6) is 0 Å². The van der Waals surface area contributed by atoms with E-state index in [0.717, 1.165) is 17.5 Å². The van der Waals surface area contributed by atoms with Gasteiger partial charge in [-0.05, 0) is 42.5 Å². The van der Waals surface area contributed by atoms with Crippen LogP contribution >= 0.6 is 12.2 Å². The summed E-state index contributed by atoms with van der Waals surface area (Å²) in [7, 11) is 0. The number of carbonyl (C=O) groups excluding carboxylic acids is 1. The molecule has 0 unspecified atom stereocenters. The summed E-state index contributed by atoms with van der Waals surface area (Å²) in [4.78, 5) is 12.2. The van der Waals surface area contributed by atoms with Gasteiger partial charge in [0.2, 0.25) is 0 Å². The van der Waals surface area contributed by atoms with Gasteiger partial charge in [0.15, 0.2) is 5.78 Å². The molecular formula is C18H18OS. The van der Waals surface area contributed by atoms with E-state index in [1.807, 2.05) is 24.3 Å². The highest BCUT2D eigenvalue weighted by Crippen LogP contribution is 2.16. The van der Waals surface area contributed by atoms with Gasteiger partial charge in [-0.2, -0.15) is 0 Å². The van der Waals surface area contributed by atoms with Crippen molar-refractivity contribution in [2.45, 2.75) is 26.7 Å². The van der Waals surface area contributed by atoms with Crippen molar-refractivity contribution >= 4 is 23.4 Å². The molecule has 0 aliphatic carbocycles. The first kappa shape index (κ1) is 14.6. The summed E-state index contributed by atoms with van der Waals surface area (Å²) in [5.41, 5.74) is 5.55. The molecule has 2 rings (SSSR count). The van der Waals surface area contributed by atoms with E-state index in [0.29, 0.717) is 6.42 Å². The molecule has 20 heavy (non-hydrogen) atoms. The van der Waals surface area contributed by atoms with Gasteiger partial charge in [-0.15, -0.1) is 0 Å².